The van der Waals surface area contributed by atoms with Gasteiger partial charge in [0, 0.05) is 11.8 Å². The summed E-state index contributed by atoms with van der Waals surface area (Å²) in [6.45, 7) is 1.35. The third-order valence-corrected chi connectivity index (χ3v) is 4.03. The Hall–Kier alpha value is -2.22. The Balaban J connectivity index is 2.48. The van der Waals surface area contributed by atoms with Crippen LogP contribution in [0.1, 0.15) is 5.56 Å². The molecule has 0 spiro atoms. The number of nitrogens with one attached hydrogen (secondary N) is 1. The molecular formula is C13H11F3N2O2S. The zero-order chi connectivity index (χ0) is 15.8. The van der Waals surface area contributed by atoms with Crippen molar-refractivity contribution in [3.8, 4) is 0 Å². The number of nitrogens with two attached hydrogens (primary N) is 1. The van der Waals surface area contributed by atoms with E-state index in [0.717, 1.165) is 18.2 Å². The van der Waals surface area contributed by atoms with E-state index in [0.29, 0.717) is 6.07 Å². The monoisotopic (exact) mass is 316 g/mol. The molecule has 0 aliphatic carbocycles. The van der Waals surface area contributed by atoms with Crippen molar-refractivity contribution in [2.45, 2.75) is 11.8 Å². The molecule has 2 aromatic carbocycles. The Kier molecular flexibility index (Phi) is 3.82. The maximum atomic E-state index is 13.9. The summed E-state index contributed by atoms with van der Waals surface area (Å²) in [4.78, 5) is -0.690. The van der Waals surface area contributed by atoms with E-state index < -0.39 is 32.4 Å². The molecule has 0 saturated carbocycles. The van der Waals surface area contributed by atoms with Crippen molar-refractivity contribution < 1.29 is 21.6 Å². The first-order valence-electron chi connectivity index (χ1n) is 5.73. The minimum atomic E-state index is -4.36. The Labute approximate surface area is 119 Å². The molecule has 4 nitrogen and oxygen atoms in total. The van der Waals surface area contributed by atoms with E-state index in [1.165, 1.54) is 13.0 Å². The number of benzene rings is 2. The van der Waals surface area contributed by atoms with Crippen LogP contribution in [0.5, 0.6) is 0 Å². The van der Waals surface area contributed by atoms with Crippen molar-refractivity contribution in [3.63, 3.8) is 0 Å². The highest BCUT2D eigenvalue weighted by Crippen LogP contribution is 2.24. The lowest BCUT2D eigenvalue weighted by Gasteiger charge is -2.11. The second-order valence-electron chi connectivity index (χ2n) is 4.41. The fourth-order valence-electron chi connectivity index (χ4n) is 1.78. The molecule has 0 saturated heterocycles. The molecule has 0 unspecified atom stereocenters. The van der Waals surface area contributed by atoms with Crippen LogP contribution in [0.25, 0.3) is 0 Å². The topological polar surface area (TPSA) is 72.2 Å². The largest absolute Gasteiger partial charge is 0.399 e. The number of sulfonamides is 1. The molecule has 0 bridgehead atoms. The first kappa shape index (κ1) is 15.2. The van der Waals surface area contributed by atoms with Crippen LogP contribution in [0.15, 0.2) is 35.2 Å². The lowest BCUT2D eigenvalue weighted by Crippen LogP contribution is -2.16. The van der Waals surface area contributed by atoms with Crippen molar-refractivity contribution in [2.24, 2.45) is 0 Å². The minimum absolute atomic E-state index is 0.0424. The van der Waals surface area contributed by atoms with Crippen molar-refractivity contribution in [3.05, 3.63) is 53.3 Å². The summed E-state index contributed by atoms with van der Waals surface area (Å²) in [6.07, 6.45) is 0. The zero-order valence-corrected chi connectivity index (χ0v) is 11.6. The number of hydrogen-bond acceptors (Lipinski definition) is 3. The maximum Gasteiger partial charge on any atom is 0.264 e. The molecular weight excluding hydrogens is 305 g/mol. The van der Waals surface area contributed by atoms with E-state index in [4.69, 9.17) is 5.73 Å². The predicted octanol–water partition coefficient (Wildman–Crippen LogP) is 2.80. The predicted molar refractivity (Wildman–Crippen MR) is 72.7 cm³/mol. The Morgan fingerprint density at radius 3 is 2.14 bits per heavy atom. The molecule has 0 radical (unpaired) electrons. The van der Waals surface area contributed by atoms with Gasteiger partial charge in [-0.2, -0.15) is 0 Å². The van der Waals surface area contributed by atoms with Gasteiger partial charge in [-0.3, -0.25) is 4.72 Å². The van der Waals surface area contributed by atoms with E-state index in [-0.39, 0.29) is 16.9 Å². The quantitative estimate of drug-likeness (QED) is 0.855. The molecule has 112 valence electrons. The highest BCUT2D eigenvalue weighted by atomic mass is 32.2. The van der Waals surface area contributed by atoms with E-state index in [9.17, 15) is 21.6 Å². The normalized spacial score (nSPS) is 11.4. The Morgan fingerprint density at radius 2 is 1.57 bits per heavy atom. The number of rotatable bonds is 3. The maximum absolute atomic E-state index is 13.9. The lowest BCUT2D eigenvalue weighted by atomic mass is 10.2. The highest BCUT2D eigenvalue weighted by molar-refractivity contribution is 7.92. The van der Waals surface area contributed by atoms with Gasteiger partial charge in [0.05, 0.1) is 5.69 Å². The molecule has 0 aliphatic rings. The standard InChI is InChI=1S/C13H11F3N2O2S/c1-7-2-10(17)6-12(13(7)16)21(19,20)18-11-4-8(14)3-9(15)5-11/h2-6,18H,17H2,1H3. The lowest BCUT2D eigenvalue weighted by molar-refractivity contribution is 0.565. The SMILES string of the molecule is Cc1cc(N)cc(S(=O)(=O)Nc2cc(F)cc(F)c2)c1F. The third-order valence-electron chi connectivity index (χ3n) is 2.65. The summed E-state index contributed by atoms with van der Waals surface area (Å²) in [5.41, 5.74) is 5.23. The van der Waals surface area contributed by atoms with Gasteiger partial charge >= 0.3 is 0 Å². The van der Waals surface area contributed by atoms with Crippen molar-refractivity contribution in [2.75, 3.05) is 10.5 Å². The average molecular weight is 316 g/mol. The molecule has 0 aromatic heterocycles. The van der Waals surface area contributed by atoms with Crippen LogP contribution in [0.3, 0.4) is 0 Å². The smallest absolute Gasteiger partial charge is 0.264 e. The van der Waals surface area contributed by atoms with Crippen LogP contribution in [0.2, 0.25) is 0 Å². The van der Waals surface area contributed by atoms with E-state index in [1.54, 1.807) is 0 Å². The van der Waals surface area contributed by atoms with Gasteiger partial charge in [-0.15, -0.1) is 0 Å². The van der Waals surface area contributed by atoms with Gasteiger partial charge in [-0.1, -0.05) is 0 Å². The first-order chi connectivity index (χ1) is 9.69. The summed E-state index contributed by atoms with van der Waals surface area (Å²) in [5.74, 6) is -2.90. The average Bonchev–Trinajstić information content (AvgIpc) is 2.31. The van der Waals surface area contributed by atoms with Crippen LogP contribution < -0.4 is 10.5 Å². The van der Waals surface area contributed by atoms with Gasteiger partial charge in [0.25, 0.3) is 10.0 Å². The molecule has 0 amide bonds. The molecule has 8 heteroatoms. The summed E-state index contributed by atoms with van der Waals surface area (Å²) in [6, 6.07) is 4.34. The molecule has 21 heavy (non-hydrogen) atoms. The van der Waals surface area contributed by atoms with Gasteiger partial charge in [0.15, 0.2) is 0 Å². The zero-order valence-electron chi connectivity index (χ0n) is 10.8. The molecule has 2 aromatic rings. The third kappa shape index (κ3) is 3.27. The van der Waals surface area contributed by atoms with Gasteiger partial charge in [-0.05, 0) is 36.8 Å². The van der Waals surface area contributed by atoms with E-state index >= 15 is 0 Å². The molecule has 3 N–H and O–H groups in total. The fourth-order valence-corrected chi connectivity index (χ4v) is 3.01. The number of anilines is 2. The Bertz CT molecular complexity index is 787. The van der Waals surface area contributed by atoms with Gasteiger partial charge < -0.3 is 5.73 Å². The number of halogens is 3. The van der Waals surface area contributed by atoms with Crippen LogP contribution in [0.4, 0.5) is 24.5 Å². The number of aryl methyl sites for hydroxylation is 1. The molecule has 0 heterocycles. The summed E-state index contributed by atoms with van der Waals surface area (Å²) >= 11 is 0. The van der Waals surface area contributed by atoms with Gasteiger partial charge in [-0.25, -0.2) is 21.6 Å². The van der Waals surface area contributed by atoms with Crippen molar-refractivity contribution >= 4 is 21.4 Å². The minimum Gasteiger partial charge on any atom is -0.399 e. The van der Waals surface area contributed by atoms with Crippen LogP contribution >= 0.6 is 0 Å². The van der Waals surface area contributed by atoms with Crippen LogP contribution in [-0.2, 0) is 10.0 Å². The fraction of sp³-hybridized carbons (Fsp3) is 0.0769. The van der Waals surface area contributed by atoms with E-state index in [1.807, 2.05) is 4.72 Å². The molecule has 0 atom stereocenters. The molecule has 0 aliphatic heterocycles. The van der Waals surface area contributed by atoms with Crippen LogP contribution in [0, 0.1) is 24.4 Å². The summed E-state index contributed by atoms with van der Waals surface area (Å²) in [7, 11) is -4.36. The number of nitrogen functional groups attached to an aromatic ring is 1. The van der Waals surface area contributed by atoms with Gasteiger partial charge in [0.2, 0.25) is 0 Å². The summed E-state index contributed by atoms with van der Waals surface area (Å²) in [5, 5.41) is 0. The second-order valence-corrected chi connectivity index (χ2v) is 6.06. The number of hydrogen-bond donors (Lipinski definition) is 2. The van der Waals surface area contributed by atoms with Gasteiger partial charge in [0.1, 0.15) is 22.3 Å². The van der Waals surface area contributed by atoms with Crippen molar-refractivity contribution in [1.82, 2.24) is 0 Å². The van der Waals surface area contributed by atoms with Crippen molar-refractivity contribution in [1.29, 1.82) is 0 Å². The summed E-state index contributed by atoms with van der Waals surface area (Å²) < 4.78 is 66.1. The second kappa shape index (κ2) is 5.28. The van der Waals surface area contributed by atoms with E-state index in [2.05, 4.69) is 0 Å². The molecule has 2 rings (SSSR count). The van der Waals surface area contributed by atoms with Crippen LogP contribution in [-0.4, -0.2) is 8.42 Å². The Morgan fingerprint density at radius 1 is 1.00 bits per heavy atom. The highest BCUT2D eigenvalue weighted by Gasteiger charge is 2.21. The first-order valence-corrected chi connectivity index (χ1v) is 7.22. The molecule has 0 fully saturated rings.